The molecule has 1 atom stereocenters. The van der Waals surface area contributed by atoms with Crippen LogP contribution in [0.25, 0.3) is 0 Å². The van der Waals surface area contributed by atoms with Gasteiger partial charge >= 0.3 is 5.97 Å². The van der Waals surface area contributed by atoms with Crippen molar-refractivity contribution < 1.29 is 14.3 Å². The number of carbonyl (C=O) groups is 1. The average Bonchev–Trinajstić information content (AvgIpc) is 2.71. The Morgan fingerprint density at radius 1 is 1.73 bits per heavy atom. The Hall–Kier alpha value is -1.17. The van der Waals surface area contributed by atoms with Crippen molar-refractivity contribution in [3.63, 3.8) is 0 Å². The first-order valence-corrected chi connectivity index (χ1v) is 5.49. The molecule has 15 heavy (non-hydrogen) atoms. The van der Waals surface area contributed by atoms with E-state index in [1.807, 2.05) is 0 Å². The van der Waals surface area contributed by atoms with Crippen LogP contribution >= 0.6 is 11.3 Å². The third-order valence-corrected chi connectivity index (χ3v) is 3.42. The molecule has 1 aromatic heterocycles. The van der Waals surface area contributed by atoms with Gasteiger partial charge in [-0.2, -0.15) is 0 Å². The molecule has 0 bridgehead atoms. The lowest BCUT2D eigenvalue weighted by atomic mass is 10.3. The summed E-state index contributed by atoms with van der Waals surface area (Å²) in [5.74, 6) is -1.02. The van der Waals surface area contributed by atoms with Crippen LogP contribution in [0.5, 0.6) is 0 Å². The predicted molar refractivity (Wildman–Crippen MR) is 55.5 cm³/mol. The van der Waals surface area contributed by atoms with E-state index in [0.29, 0.717) is 29.5 Å². The van der Waals surface area contributed by atoms with Gasteiger partial charge in [-0.15, -0.1) is 11.3 Å². The summed E-state index contributed by atoms with van der Waals surface area (Å²) >= 11 is 1.31. The van der Waals surface area contributed by atoms with Crippen molar-refractivity contribution in [1.82, 2.24) is 4.98 Å². The number of carboxylic acids is 1. The maximum absolute atomic E-state index is 12.9. The summed E-state index contributed by atoms with van der Waals surface area (Å²) in [5, 5.41) is 9.44. The number of nitrogens with zero attached hydrogens (tertiary/aromatic N) is 2. The van der Waals surface area contributed by atoms with Gasteiger partial charge < -0.3 is 10.0 Å². The van der Waals surface area contributed by atoms with Crippen molar-refractivity contribution in [2.45, 2.75) is 19.5 Å². The Morgan fingerprint density at radius 2 is 2.47 bits per heavy atom. The zero-order valence-corrected chi connectivity index (χ0v) is 9.05. The van der Waals surface area contributed by atoms with Gasteiger partial charge in [0.2, 0.25) is 0 Å². The largest absolute Gasteiger partial charge is 0.476 e. The lowest BCUT2D eigenvalue weighted by molar-refractivity contribution is 0.0690. The molecule has 0 saturated carbocycles. The monoisotopic (exact) mass is 230 g/mol. The van der Waals surface area contributed by atoms with Crippen LogP contribution in [0.3, 0.4) is 0 Å². The fourth-order valence-corrected chi connectivity index (χ4v) is 2.54. The SMILES string of the molecule is Cc1sc(N2CCC(F)C2)nc1C(=O)O. The van der Waals surface area contributed by atoms with Crippen molar-refractivity contribution >= 4 is 22.4 Å². The van der Waals surface area contributed by atoms with E-state index in [4.69, 9.17) is 5.11 Å². The number of aromatic nitrogens is 1. The number of alkyl halides is 1. The van der Waals surface area contributed by atoms with Crippen LogP contribution in [0.2, 0.25) is 0 Å². The van der Waals surface area contributed by atoms with Gasteiger partial charge in [0.25, 0.3) is 0 Å². The fraction of sp³-hybridized carbons (Fsp3) is 0.556. The molecule has 2 rings (SSSR count). The maximum atomic E-state index is 12.9. The van der Waals surface area contributed by atoms with E-state index in [1.54, 1.807) is 11.8 Å². The summed E-state index contributed by atoms with van der Waals surface area (Å²) in [5.41, 5.74) is 0.0808. The summed E-state index contributed by atoms with van der Waals surface area (Å²) in [6, 6.07) is 0. The first kappa shape index (κ1) is 10.4. The molecule has 0 aliphatic carbocycles. The molecule has 4 nitrogen and oxygen atoms in total. The molecule has 0 radical (unpaired) electrons. The predicted octanol–water partition coefficient (Wildman–Crippen LogP) is 1.70. The molecule has 1 fully saturated rings. The summed E-state index contributed by atoms with van der Waals surface area (Å²) in [6.45, 7) is 2.66. The van der Waals surface area contributed by atoms with Crippen molar-refractivity contribution in [3.05, 3.63) is 10.6 Å². The number of aryl methyl sites for hydroxylation is 1. The van der Waals surface area contributed by atoms with E-state index in [9.17, 15) is 9.18 Å². The van der Waals surface area contributed by atoms with Gasteiger partial charge in [-0.25, -0.2) is 14.2 Å². The smallest absolute Gasteiger partial charge is 0.355 e. The molecule has 0 spiro atoms. The number of thiazole rings is 1. The number of rotatable bonds is 2. The Morgan fingerprint density at radius 3 is 2.93 bits per heavy atom. The first-order chi connectivity index (χ1) is 7.08. The lowest BCUT2D eigenvalue weighted by Crippen LogP contribution is -2.19. The van der Waals surface area contributed by atoms with E-state index in [-0.39, 0.29) is 5.69 Å². The highest BCUT2D eigenvalue weighted by Gasteiger charge is 2.25. The zero-order chi connectivity index (χ0) is 11.0. The second-order valence-corrected chi connectivity index (χ2v) is 4.72. The van der Waals surface area contributed by atoms with Crippen LogP contribution < -0.4 is 4.90 Å². The first-order valence-electron chi connectivity index (χ1n) is 4.67. The highest BCUT2D eigenvalue weighted by atomic mass is 32.1. The molecule has 1 unspecified atom stereocenters. The zero-order valence-electron chi connectivity index (χ0n) is 8.23. The van der Waals surface area contributed by atoms with Gasteiger partial charge in [-0.1, -0.05) is 0 Å². The van der Waals surface area contributed by atoms with Gasteiger partial charge in [-0.3, -0.25) is 0 Å². The second-order valence-electron chi connectivity index (χ2n) is 3.54. The molecule has 0 amide bonds. The molecule has 0 aromatic carbocycles. The Balaban J connectivity index is 2.23. The lowest BCUT2D eigenvalue weighted by Gasteiger charge is -2.12. The van der Waals surface area contributed by atoms with Crippen LogP contribution in [0.1, 0.15) is 21.8 Å². The van der Waals surface area contributed by atoms with Crippen LogP contribution in [-0.4, -0.2) is 35.3 Å². The summed E-state index contributed by atoms with van der Waals surface area (Å²) in [6.07, 6.45) is -0.316. The average molecular weight is 230 g/mol. The van der Waals surface area contributed by atoms with Gasteiger partial charge in [-0.05, 0) is 13.3 Å². The molecule has 1 aromatic rings. The maximum Gasteiger partial charge on any atom is 0.355 e. The number of anilines is 1. The second kappa shape index (κ2) is 3.77. The molecule has 6 heteroatoms. The number of aromatic carboxylic acids is 1. The third-order valence-electron chi connectivity index (χ3n) is 2.39. The van der Waals surface area contributed by atoms with E-state index in [2.05, 4.69) is 4.98 Å². The van der Waals surface area contributed by atoms with Gasteiger partial charge in [0.05, 0.1) is 6.54 Å². The van der Waals surface area contributed by atoms with Gasteiger partial charge in [0.15, 0.2) is 10.8 Å². The topological polar surface area (TPSA) is 53.4 Å². The molecule has 1 N–H and O–H groups in total. The highest BCUT2D eigenvalue weighted by molar-refractivity contribution is 7.15. The van der Waals surface area contributed by atoms with Crippen LogP contribution in [0.4, 0.5) is 9.52 Å². The molecular weight excluding hydrogens is 219 g/mol. The molecule has 1 aliphatic heterocycles. The molecule has 82 valence electrons. The normalized spacial score (nSPS) is 20.9. The summed E-state index contributed by atoms with van der Waals surface area (Å²) in [4.78, 5) is 17.2. The minimum atomic E-state index is -1.02. The fourth-order valence-electron chi connectivity index (χ4n) is 1.61. The standard InChI is InChI=1S/C9H11FN2O2S/c1-5-7(8(13)14)11-9(15-5)12-3-2-6(10)4-12/h6H,2-4H2,1H3,(H,13,14). The number of halogens is 1. The van der Waals surface area contributed by atoms with E-state index in [1.165, 1.54) is 11.3 Å². The molecule has 1 saturated heterocycles. The van der Waals surface area contributed by atoms with Crippen molar-refractivity contribution in [2.24, 2.45) is 0 Å². The van der Waals surface area contributed by atoms with Crippen molar-refractivity contribution in [3.8, 4) is 0 Å². The van der Waals surface area contributed by atoms with Crippen LogP contribution in [0.15, 0.2) is 0 Å². The quantitative estimate of drug-likeness (QED) is 0.840. The minimum Gasteiger partial charge on any atom is -0.476 e. The number of hydrogen-bond donors (Lipinski definition) is 1. The van der Waals surface area contributed by atoms with Crippen LogP contribution in [0, 0.1) is 6.92 Å². The van der Waals surface area contributed by atoms with E-state index < -0.39 is 12.1 Å². The van der Waals surface area contributed by atoms with E-state index >= 15 is 0 Å². The molecule has 2 heterocycles. The van der Waals surface area contributed by atoms with Crippen molar-refractivity contribution in [1.29, 1.82) is 0 Å². The third kappa shape index (κ3) is 1.94. The molecular formula is C9H11FN2O2S. The minimum absolute atomic E-state index is 0.0808. The highest BCUT2D eigenvalue weighted by Crippen LogP contribution is 2.28. The Kier molecular flexibility index (Phi) is 2.60. The number of carboxylic acid groups (broad SMARTS) is 1. The van der Waals surface area contributed by atoms with Crippen molar-refractivity contribution in [2.75, 3.05) is 18.0 Å². The number of hydrogen-bond acceptors (Lipinski definition) is 4. The molecule has 1 aliphatic rings. The summed E-state index contributed by atoms with van der Waals surface area (Å²) < 4.78 is 12.9. The van der Waals surface area contributed by atoms with Gasteiger partial charge in [0.1, 0.15) is 6.17 Å². The van der Waals surface area contributed by atoms with E-state index in [0.717, 1.165) is 0 Å². The Bertz CT molecular complexity index is 393. The van der Waals surface area contributed by atoms with Gasteiger partial charge in [0, 0.05) is 11.4 Å². The van der Waals surface area contributed by atoms with Crippen LogP contribution in [-0.2, 0) is 0 Å². The Labute approximate surface area is 90.4 Å². The summed E-state index contributed by atoms with van der Waals surface area (Å²) in [7, 11) is 0.